The highest BCUT2D eigenvalue weighted by atomic mass is 32.2. The van der Waals surface area contributed by atoms with Crippen molar-refractivity contribution in [2.45, 2.75) is 10.4 Å². The summed E-state index contributed by atoms with van der Waals surface area (Å²) in [6.45, 7) is 0.174. The zero-order valence-corrected chi connectivity index (χ0v) is 12.0. The summed E-state index contributed by atoms with van der Waals surface area (Å²) in [5.74, 6) is 1.07. The highest BCUT2D eigenvalue weighted by Crippen LogP contribution is 2.24. The average Bonchev–Trinajstić information content (AvgIpc) is 2.89. The molecule has 0 saturated carbocycles. The van der Waals surface area contributed by atoms with E-state index in [1.807, 2.05) is 6.07 Å². The second-order valence-electron chi connectivity index (χ2n) is 3.82. The first kappa shape index (κ1) is 14.6. The second-order valence-corrected chi connectivity index (χ2v) is 6.09. The SMILES string of the molecule is N#Cc1ccc(OCC(O)CSc2nnc(N)s2)cc1. The number of aromatic nitrogens is 2. The fourth-order valence-corrected chi connectivity index (χ4v) is 2.88. The maximum atomic E-state index is 9.81. The van der Waals surface area contributed by atoms with Crippen LogP contribution in [0.2, 0.25) is 0 Å². The van der Waals surface area contributed by atoms with Crippen LogP contribution in [-0.2, 0) is 0 Å². The van der Waals surface area contributed by atoms with Crippen LogP contribution in [0.5, 0.6) is 5.75 Å². The highest BCUT2D eigenvalue weighted by Gasteiger charge is 2.09. The number of ether oxygens (including phenoxy) is 1. The molecule has 0 spiro atoms. The van der Waals surface area contributed by atoms with Crippen LogP contribution in [-0.4, -0.2) is 33.8 Å². The minimum absolute atomic E-state index is 0.174. The number of nitrogens with zero attached hydrogens (tertiary/aromatic N) is 3. The molecule has 6 nitrogen and oxygen atoms in total. The van der Waals surface area contributed by atoms with Crippen LogP contribution in [0.25, 0.3) is 0 Å². The maximum absolute atomic E-state index is 9.81. The summed E-state index contributed by atoms with van der Waals surface area (Å²) in [7, 11) is 0. The van der Waals surface area contributed by atoms with Gasteiger partial charge in [0.1, 0.15) is 12.4 Å². The lowest BCUT2D eigenvalue weighted by Gasteiger charge is -2.11. The van der Waals surface area contributed by atoms with Crippen LogP contribution < -0.4 is 10.5 Å². The number of nitriles is 1. The summed E-state index contributed by atoms with van der Waals surface area (Å²) in [4.78, 5) is 0. The quantitative estimate of drug-likeness (QED) is 0.779. The van der Waals surface area contributed by atoms with Gasteiger partial charge in [-0.3, -0.25) is 0 Å². The Morgan fingerprint density at radius 2 is 2.15 bits per heavy atom. The van der Waals surface area contributed by atoms with Gasteiger partial charge in [-0.2, -0.15) is 5.26 Å². The van der Waals surface area contributed by atoms with Gasteiger partial charge in [0.05, 0.1) is 17.7 Å². The Balaban J connectivity index is 1.74. The number of aliphatic hydroxyl groups is 1. The highest BCUT2D eigenvalue weighted by molar-refractivity contribution is 8.01. The fourth-order valence-electron chi connectivity index (χ4n) is 1.31. The predicted octanol–water partition coefficient (Wildman–Crippen LogP) is 1.52. The number of aliphatic hydroxyl groups excluding tert-OH is 1. The Kier molecular flexibility index (Phi) is 5.17. The standard InChI is InChI=1S/C12H12N4O2S2/c13-5-8-1-3-10(4-2-8)18-6-9(17)7-19-12-16-15-11(14)20-12/h1-4,9,17H,6-7H2,(H2,14,15). The lowest BCUT2D eigenvalue weighted by Crippen LogP contribution is -2.20. The molecule has 3 N–H and O–H groups in total. The third-order valence-corrected chi connectivity index (χ3v) is 4.28. The lowest BCUT2D eigenvalue weighted by molar-refractivity contribution is 0.126. The normalized spacial score (nSPS) is 11.8. The van der Waals surface area contributed by atoms with Crippen LogP contribution in [0.15, 0.2) is 28.6 Å². The molecule has 0 amide bonds. The summed E-state index contributed by atoms with van der Waals surface area (Å²) in [6, 6.07) is 8.76. The van der Waals surface area contributed by atoms with Gasteiger partial charge >= 0.3 is 0 Å². The molecule has 0 radical (unpaired) electrons. The molecule has 1 aromatic carbocycles. The Hall–Kier alpha value is -1.82. The molecule has 104 valence electrons. The molecule has 1 heterocycles. The third kappa shape index (κ3) is 4.38. The molecule has 2 rings (SSSR count). The molecule has 0 aliphatic rings. The molecule has 1 atom stereocenters. The second kappa shape index (κ2) is 7.09. The number of thioether (sulfide) groups is 1. The van der Waals surface area contributed by atoms with Crippen LogP contribution in [0, 0.1) is 11.3 Å². The van der Waals surface area contributed by atoms with E-state index in [0.29, 0.717) is 22.2 Å². The number of rotatable bonds is 6. The summed E-state index contributed by atoms with van der Waals surface area (Å²) >= 11 is 2.67. The molecule has 0 aliphatic carbocycles. The third-order valence-electron chi connectivity index (χ3n) is 2.25. The smallest absolute Gasteiger partial charge is 0.203 e. The van der Waals surface area contributed by atoms with E-state index in [1.165, 1.54) is 23.1 Å². The van der Waals surface area contributed by atoms with Crippen molar-refractivity contribution in [1.29, 1.82) is 5.26 Å². The van der Waals surface area contributed by atoms with Crippen molar-refractivity contribution in [3.8, 4) is 11.8 Å². The van der Waals surface area contributed by atoms with E-state index < -0.39 is 6.10 Å². The first-order valence-corrected chi connectivity index (χ1v) is 7.50. The van der Waals surface area contributed by atoms with Crippen LogP contribution in [0.4, 0.5) is 5.13 Å². The van der Waals surface area contributed by atoms with Gasteiger partial charge < -0.3 is 15.6 Å². The minimum atomic E-state index is -0.624. The molecule has 1 aromatic heterocycles. The number of hydrogen-bond acceptors (Lipinski definition) is 8. The van der Waals surface area contributed by atoms with Crippen molar-refractivity contribution in [3.05, 3.63) is 29.8 Å². The summed E-state index contributed by atoms with van der Waals surface area (Å²) < 4.78 is 6.15. The van der Waals surface area contributed by atoms with E-state index in [9.17, 15) is 5.11 Å². The first-order valence-electron chi connectivity index (χ1n) is 5.70. The van der Waals surface area contributed by atoms with E-state index in [0.717, 1.165) is 4.34 Å². The van der Waals surface area contributed by atoms with E-state index >= 15 is 0 Å². The predicted molar refractivity (Wildman–Crippen MR) is 77.7 cm³/mol. The Bertz CT molecular complexity index is 594. The van der Waals surface area contributed by atoms with E-state index in [2.05, 4.69) is 10.2 Å². The summed E-state index contributed by atoms with van der Waals surface area (Å²) in [5.41, 5.74) is 6.04. The van der Waals surface area contributed by atoms with Gasteiger partial charge in [0, 0.05) is 5.75 Å². The van der Waals surface area contributed by atoms with Gasteiger partial charge in [-0.1, -0.05) is 23.1 Å². The van der Waals surface area contributed by atoms with Gasteiger partial charge in [0.15, 0.2) is 4.34 Å². The van der Waals surface area contributed by atoms with Crippen molar-refractivity contribution in [1.82, 2.24) is 10.2 Å². The van der Waals surface area contributed by atoms with Crippen molar-refractivity contribution in [2.75, 3.05) is 18.1 Å². The largest absolute Gasteiger partial charge is 0.491 e. The number of hydrogen-bond donors (Lipinski definition) is 2. The topological polar surface area (TPSA) is 105 Å². The van der Waals surface area contributed by atoms with E-state index in [1.54, 1.807) is 24.3 Å². The van der Waals surface area contributed by atoms with Crippen molar-refractivity contribution in [2.24, 2.45) is 0 Å². The average molecular weight is 308 g/mol. The molecule has 2 aromatic rings. The van der Waals surface area contributed by atoms with Crippen LogP contribution >= 0.6 is 23.1 Å². The van der Waals surface area contributed by atoms with Gasteiger partial charge in [-0.25, -0.2) is 0 Å². The fraction of sp³-hybridized carbons (Fsp3) is 0.250. The number of benzene rings is 1. The van der Waals surface area contributed by atoms with Gasteiger partial charge in [0.2, 0.25) is 5.13 Å². The Morgan fingerprint density at radius 3 is 2.75 bits per heavy atom. The monoisotopic (exact) mass is 308 g/mol. The van der Waals surface area contributed by atoms with Gasteiger partial charge in [-0.15, -0.1) is 10.2 Å². The van der Waals surface area contributed by atoms with Crippen LogP contribution in [0.3, 0.4) is 0 Å². The van der Waals surface area contributed by atoms with Crippen molar-refractivity contribution < 1.29 is 9.84 Å². The maximum Gasteiger partial charge on any atom is 0.203 e. The Labute approximate surface area is 124 Å². The van der Waals surface area contributed by atoms with Crippen LogP contribution in [0.1, 0.15) is 5.56 Å². The minimum Gasteiger partial charge on any atom is -0.491 e. The molecule has 1 unspecified atom stereocenters. The summed E-state index contributed by atoms with van der Waals surface area (Å²) in [5, 5.41) is 26.4. The molecular weight excluding hydrogens is 296 g/mol. The molecule has 0 saturated heterocycles. The molecular formula is C12H12N4O2S2. The zero-order chi connectivity index (χ0) is 14.4. The Morgan fingerprint density at radius 1 is 1.40 bits per heavy atom. The molecule has 20 heavy (non-hydrogen) atoms. The first-order chi connectivity index (χ1) is 9.67. The van der Waals surface area contributed by atoms with Crippen molar-refractivity contribution >= 4 is 28.2 Å². The van der Waals surface area contributed by atoms with Gasteiger partial charge in [0.25, 0.3) is 0 Å². The van der Waals surface area contributed by atoms with Gasteiger partial charge in [-0.05, 0) is 24.3 Å². The molecule has 0 bridgehead atoms. The van der Waals surface area contributed by atoms with E-state index in [-0.39, 0.29) is 6.61 Å². The lowest BCUT2D eigenvalue weighted by atomic mass is 10.2. The zero-order valence-electron chi connectivity index (χ0n) is 10.4. The summed E-state index contributed by atoms with van der Waals surface area (Å²) in [6.07, 6.45) is -0.624. The number of nitrogen functional groups attached to an aromatic ring is 1. The molecule has 0 fully saturated rings. The molecule has 8 heteroatoms. The number of anilines is 1. The van der Waals surface area contributed by atoms with Crippen molar-refractivity contribution in [3.63, 3.8) is 0 Å². The molecule has 0 aliphatic heterocycles. The van der Waals surface area contributed by atoms with E-state index in [4.69, 9.17) is 15.7 Å². The number of nitrogens with two attached hydrogens (primary N) is 1.